The average molecular weight is 371 g/mol. The molecule has 0 aliphatic heterocycles. The maximum atomic E-state index is 12.6. The molecule has 26 heavy (non-hydrogen) atoms. The first-order chi connectivity index (χ1) is 12.4. The number of aliphatic hydroxyl groups excluding tert-OH is 1. The lowest BCUT2D eigenvalue weighted by molar-refractivity contribution is 0.183. The van der Waals surface area contributed by atoms with Crippen LogP contribution in [0.4, 0.5) is 0 Å². The quantitative estimate of drug-likeness (QED) is 0.698. The third-order valence-electron chi connectivity index (χ3n) is 4.32. The number of fused-ring (bicyclic) bond motifs is 1. The van der Waals surface area contributed by atoms with Crippen LogP contribution in [0, 0.1) is 6.92 Å². The van der Waals surface area contributed by atoms with E-state index in [0.29, 0.717) is 16.9 Å². The Bertz CT molecular complexity index is 1030. The summed E-state index contributed by atoms with van der Waals surface area (Å²) in [6, 6.07) is 18.1. The van der Waals surface area contributed by atoms with E-state index >= 15 is 0 Å². The van der Waals surface area contributed by atoms with Gasteiger partial charge in [-0.05, 0) is 47.0 Å². The Hall–Kier alpha value is -2.41. The van der Waals surface area contributed by atoms with Gasteiger partial charge in [0.25, 0.3) is 0 Å². The van der Waals surface area contributed by atoms with Crippen LogP contribution in [0.25, 0.3) is 10.8 Å². The molecule has 0 amide bonds. The van der Waals surface area contributed by atoms with Gasteiger partial charge < -0.3 is 9.84 Å². The zero-order chi connectivity index (χ0) is 18.7. The number of methoxy groups -OCH3 is 1. The summed E-state index contributed by atoms with van der Waals surface area (Å²) >= 11 is 0. The lowest BCUT2D eigenvalue weighted by Gasteiger charge is -2.16. The van der Waals surface area contributed by atoms with Crippen LogP contribution in [0.2, 0.25) is 0 Å². The van der Waals surface area contributed by atoms with Crippen molar-refractivity contribution in [2.24, 2.45) is 0 Å². The lowest BCUT2D eigenvalue weighted by atomic mass is 10.0. The number of hydrogen-bond acceptors (Lipinski definition) is 4. The largest absolute Gasteiger partial charge is 0.497 e. The van der Waals surface area contributed by atoms with E-state index in [1.54, 1.807) is 25.1 Å². The number of aryl methyl sites for hydroxylation is 1. The zero-order valence-electron chi connectivity index (χ0n) is 14.6. The van der Waals surface area contributed by atoms with Crippen LogP contribution in [0.15, 0.2) is 65.6 Å². The Labute approximate surface area is 153 Å². The van der Waals surface area contributed by atoms with Crippen molar-refractivity contribution in [3.63, 3.8) is 0 Å². The smallest absolute Gasteiger partial charge is 0.240 e. The summed E-state index contributed by atoms with van der Waals surface area (Å²) in [5.41, 5.74) is 1.27. The van der Waals surface area contributed by atoms with Crippen molar-refractivity contribution < 1.29 is 18.3 Å². The lowest BCUT2D eigenvalue weighted by Crippen LogP contribution is -2.29. The number of ether oxygens (including phenoxy) is 1. The molecule has 0 spiro atoms. The summed E-state index contributed by atoms with van der Waals surface area (Å²) in [5.74, 6) is 0.595. The zero-order valence-corrected chi connectivity index (χ0v) is 15.5. The normalized spacial score (nSPS) is 12.9. The van der Waals surface area contributed by atoms with Crippen LogP contribution >= 0.6 is 0 Å². The molecule has 5 nitrogen and oxygen atoms in total. The van der Waals surface area contributed by atoms with Gasteiger partial charge >= 0.3 is 0 Å². The molecule has 0 aromatic heterocycles. The number of sulfonamides is 1. The highest BCUT2D eigenvalue weighted by Crippen LogP contribution is 2.25. The third-order valence-corrected chi connectivity index (χ3v) is 5.90. The van der Waals surface area contributed by atoms with E-state index < -0.39 is 16.1 Å². The van der Waals surface area contributed by atoms with Crippen LogP contribution in [0.5, 0.6) is 5.75 Å². The predicted octanol–water partition coefficient (Wildman–Crippen LogP) is 3.17. The molecular weight excluding hydrogens is 350 g/mol. The van der Waals surface area contributed by atoms with Gasteiger partial charge in [0.15, 0.2) is 0 Å². The second-order valence-corrected chi connectivity index (χ2v) is 7.80. The van der Waals surface area contributed by atoms with Crippen LogP contribution < -0.4 is 9.46 Å². The number of aliphatic hydroxyl groups is 1. The van der Waals surface area contributed by atoms with E-state index in [4.69, 9.17) is 4.74 Å². The maximum absolute atomic E-state index is 12.6. The second kappa shape index (κ2) is 7.45. The molecule has 1 unspecified atom stereocenters. The summed E-state index contributed by atoms with van der Waals surface area (Å²) in [7, 11) is -2.21. The summed E-state index contributed by atoms with van der Waals surface area (Å²) in [5, 5.41) is 12.4. The first-order valence-corrected chi connectivity index (χ1v) is 9.71. The van der Waals surface area contributed by atoms with E-state index in [1.807, 2.05) is 36.4 Å². The maximum Gasteiger partial charge on any atom is 0.240 e. The highest BCUT2D eigenvalue weighted by atomic mass is 32.2. The molecule has 2 N–H and O–H groups in total. The minimum Gasteiger partial charge on any atom is -0.497 e. The number of nitrogens with one attached hydrogen (secondary N) is 1. The minimum atomic E-state index is -3.74. The van der Waals surface area contributed by atoms with Gasteiger partial charge in [0, 0.05) is 6.54 Å². The van der Waals surface area contributed by atoms with Gasteiger partial charge in [-0.15, -0.1) is 0 Å². The van der Waals surface area contributed by atoms with Crippen LogP contribution in [-0.2, 0) is 10.0 Å². The van der Waals surface area contributed by atoms with Gasteiger partial charge in [-0.1, -0.05) is 42.5 Å². The molecule has 1 atom stereocenters. The van der Waals surface area contributed by atoms with Crippen LogP contribution in [0.1, 0.15) is 17.2 Å². The molecule has 0 saturated carbocycles. The fourth-order valence-electron chi connectivity index (χ4n) is 2.97. The SMILES string of the molecule is COc1ccc(S(=O)(=O)NCC(O)c2cccc3ccccc23)c(C)c1. The average Bonchev–Trinajstić information content (AvgIpc) is 2.65. The molecule has 6 heteroatoms. The fourth-order valence-corrected chi connectivity index (χ4v) is 4.23. The van der Waals surface area contributed by atoms with E-state index in [0.717, 1.165) is 10.8 Å². The van der Waals surface area contributed by atoms with E-state index in [9.17, 15) is 13.5 Å². The molecule has 136 valence electrons. The summed E-state index contributed by atoms with van der Waals surface area (Å²) in [6.07, 6.45) is -0.950. The minimum absolute atomic E-state index is 0.109. The Kier molecular flexibility index (Phi) is 5.27. The van der Waals surface area contributed by atoms with Gasteiger partial charge in [0.1, 0.15) is 5.75 Å². The first-order valence-electron chi connectivity index (χ1n) is 8.22. The van der Waals surface area contributed by atoms with Crippen molar-refractivity contribution >= 4 is 20.8 Å². The van der Waals surface area contributed by atoms with Crippen molar-refractivity contribution in [3.05, 3.63) is 71.8 Å². The molecule has 3 rings (SSSR count). The van der Waals surface area contributed by atoms with E-state index in [-0.39, 0.29) is 11.4 Å². The molecule has 0 bridgehead atoms. The standard InChI is InChI=1S/C20H21NO4S/c1-14-12-16(25-2)10-11-20(14)26(23,24)21-13-19(22)18-9-5-7-15-6-3-4-8-17(15)18/h3-12,19,21-22H,13H2,1-2H3. The van der Waals surface area contributed by atoms with Crippen molar-refractivity contribution in [3.8, 4) is 5.75 Å². The predicted molar refractivity (Wildman–Crippen MR) is 102 cm³/mol. The van der Waals surface area contributed by atoms with Crippen molar-refractivity contribution in [2.75, 3.05) is 13.7 Å². The van der Waals surface area contributed by atoms with Crippen LogP contribution in [0.3, 0.4) is 0 Å². The molecule has 0 aliphatic rings. The number of benzene rings is 3. The Morgan fingerprint density at radius 3 is 2.54 bits per heavy atom. The molecule has 0 radical (unpaired) electrons. The highest BCUT2D eigenvalue weighted by molar-refractivity contribution is 7.89. The van der Waals surface area contributed by atoms with Crippen LogP contribution in [-0.4, -0.2) is 27.2 Å². The fraction of sp³-hybridized carbons (Fsp3) is 0.200. The molecule has 0 fully saturated rings. The highest BCUT2D eigenvalue weighted by Gasteiger charge is 2.20. The molecule has 0 heterocycles. The molecule has 0 saturated heterocycles. The van der Waals surface area contributed by atoms with Crippen molar-refractivity contribution in [1.82, 2.24) is 4.72 Å². The topological polar surface area (TPSA) is 75.6 Å². The van der Waals surface area contributed by atoms with E-state index in [2.05, 4.69) is 4.72 Å². The number of rotatable bonds is 6. The van der Waals surface area contributed by atoms with Gasteiger partial charge in [-0.2, -0.15) is 0 Å². The Morgan fingerprint density at radius 1 is 1.08 bits per heavy atom. The summed E-state index contributed by atoms with van der Waals surface area (Å²) < 4.78 is 32.8. The van der Waals surface area contributed by atoms with Gasteiger partial charge in [-0.25, -0.2) is 13.1 Å². The first kappa shape index (κ1) is 18.4. The summed E-state index contributed by atoms with van der Waals surface area (Å²) in [4.78, 5) is 0.170. The van der Waals surface area contributed by atoms with Crippen molar-refractivity contribution in [1.29, 1.82) is 0 Å². The molecule has 0 aliphatic carbocycles. The van der Waals surface area contributed by atoms with Gasteiger partial charge in [0.2, 0.25) is 10.0 Å². The molecule has 3 aromatic carbocycles. The Morgan fingerprint density at radius 2 is 1.81 bits per heavy atom. The number of hydrogen-bond donors (Lipinski definition) is 2. The molecule has 3 aromatic rings. The molecular formula is C20H21NO4S. The third kappa shape index (κ3) is 3.72. The second-order valence-electron chi connectivity index (χ2n) is 6.07. The Balaban J connectivity index is 1.81. The summed E-state index contributed by atoms with van der Waals surface area (Å²) in [6.45, 7) is 1.60. The van der Waals surface area contributed by atoms with Crippen molar-refractivity contribution in [2.45, 2.75) is 17.9 Å². The van der Waals surface area contributed by atoms with Gasteiger partial charge in [-0.3, -0.25) is 0 Å². The van der Waals surface area contributed by atoms with E-state index in [1.165, 1.54) is 13.2 Å². The monoisotopic (exact) mass is 371 g/mol. The van der Waals surface area contributed by atoms with Gasteiger partial charge in [0.05, 0.1) is 18.1 Å².